The van der Waals surface area contributed by atoms with E-state index < -0.39 is 57.7 Å². The minimum atomic E-state index is -5.24. The maximum absolute atomic E-state index is 13.9. The topological polar surface area (TPSA) is 231 Å². The van der Waals surface area contributed by atoms with Gasteiger partial charge in [0.05, 0.1) is 33.0 Å². The highest BCUT2D eigenvalue weighted by Crippen LogP contribution is 2.38. The summed E-state index contributed by atoms with van der Waals surface area (Å²) < 4.78 is 83.1. The van der Waals surface area contributed by atoms with E-state index in [4.69, 9.17) is 0 Å². The van der Waals surface area contributed by atoms with Gasteiger partial charge in [0.1, 0.15) is 47.1 Å². The minimum absolute atomic E-state index is 0.0502. The number of allylic oxidation sites excluding steroid dienone is 2. The number of rotatable bonds is 3. The van der Waals surface area contributed by atoms with E-state index in [0.29, 0.717) is 12.1 Å². The maximum atomic E-state index is 13.9. The molecule has 0 fully saturated rings. The molecule has 246 valence electrons. The van der Waals surface area contributed by atoms with Crippen LogP contribution < -0.4 is 21.4 Å². The third-order valence-corrected chi connectivity index (χ3v) is 7.28. The molecule has 6 rings (SSSR count). The second kappa shape index (κ2) is 12.4. The Balaban J connectivity index is 1.71. The normalized spacial score (nSPS) is 12.5. The molecule has 2 aliphatic heterocycles. The van der Waals surface area contributed by atoms with Gasteiger partial charge in [-0.1, -0.05) is 0 Å². The molecule has 0 aliphatic carbocycles. The number of fused-ring (bicyclic) bond motifs is 2. The van der Waals surface area contributed by atoms with Gasteiger partial charge in [0.15, 0.2) is 40.3 Å². The Kier molecular flexibility index (Phi) is 8.05. The molecule has 0 radical (unpaired) electrons. The highest BCUT2D eigenvalue weighted by Gasteiger charge is 2.37. The van der Waals surface area contributed by atoms with E-state index in [-0.39, 0.29) is 61.4 Å². The van der Waals surface area contributed by atoms with Gasteiger partial charge in [0.2, 0.25) is 0 Å². The van der Waals surface area contributed by atoms with Crippen LogP contribution in [0.2, 0.25) is 0 Å². The third kappa shape index (κ3) is 5.79. The fourth-order valence-corrected chi connectivity index (χ4v) is 4.96. The molecule has 0 spiro atoms. The number of alkyl halides is 6. The Morgan fingerprint density at radius 2 is 0.885 bits per heavy atom. The summed E-state index contributed by atoms with van der Waals surface area (Å²) in [5.41, 5.74) is -6.01. The van der Waals surface area contributed by atoms with E-state index in [1.165, 1.54) is 24.3 Å². The molecule has 2 aliphatic rings. The van der Waals surface area contributed by atoms with Crippen molar-refractivity contribution in [2.24, 2.45) is 20.0 Å². The van der Waals surface area contributed by atoms with Crippen LogP contribution >= 0.6 is 0 Å². The Labute approximate surface area is 284 Å². The zero-order valence-electron chi connectivity index (χ0n) is 25.1. The number of nitrogens with zero attached hydrogens (tertiary/aromatic N) is 13. The van der Waals surface area contributed by atoms with Gasteiger partial charge in [-0.05, 0) is 42.5 Å². The van der Waals surface area contributed by atoms with Crippen molar-refractivity contribution in [3.63, 3.8) is 0 Å². The molecule has 52 heavy (non-hydrogen) atoms. The minimum Gasteiger partial charge on any atom is -0.225 e. The fraction of sp³-hybridized carbons (Fsp3) is 0.0606. The van der Waals surface area contributed by atoms with Gasteiger partial charge in [0.25, 0.3) is 0 Å². The first-order chi connectivity index (χ1) is 24.7. The van der Waals surface area contributed by atoms with Crippen molar-refractivity contribution in [2.75, 3.05) is 0 Å². The van der Waals surface area contributed by atoms with Crippen molar-refractivity contribution in [3.05, 3.63) is 109 Å². The standard InChI is InChI=1S/C33H7F6N13/c34-32(35,36)17-5-14(6-18(7-17)33(37,38)39)27-50-30(19-1-3-23-25(21(19)12-44)48-28(46-23)15(8-40)9-41)52-31(51-27)20-2-4-24-26(22(20)13-45)49-29(47-24)16(10-42)11-43/h1-7H. The predicted molar refractivity (Wildman–Crippen MR) is 157 cm³/mol. The molecule has 0 saturated carbocycles. The zero-order chi connectivity index (χ0) is 37.5. The second-order valence-corrected chi connectivity index (χ2v) is 10.3. The molecule has 13 nitrogen and oxygen atoms in total. The number of nitriles is 6. The fourth-order valence-electron chi connectivity index (χ4n) is 4.96. The van der Waals surface area contributed by atoms with Crippen LogP contribution in [0.1, 0.15) is 22.3 Å². The van der Waals surface area contributed by atoms with Gasteiger partial charge in [-0.15, -0.1) is 0 Å². The Morgan fingerprint density at radius 3 is 1.23 bits per heavy atom. The van der Waals surface area contributed by atoms with E-state index in [1.807, 2.05) is 12.1 Å². The number of hydrogen-bond acceptors (Lipinski definition) is 13. The van der Waals surface area contributed by atoms with Crippen molar-refractivity contribution in [2.45, 2.75) is 12.4 Å². The monoisotopic (exact) mass is 699 g/mol. The summed E-state index contributed by atoms with van der Waals surface area (Å²) in [4.78, 5) is 29.0. The van der Waals surface area contributed by atoms with Crippen LogP contribution in [0.25, 0.3) is 34.2 Å². The van der Waals surface area contributed by atoms with Crippen molar-refractivity contribution < 1.29 is 26.3 Å². The summed E-state index contributed by atoms with van der Waals surface area (Å²) in [5.74, 6) is -2.31. The summed E-state index contributed by atoms with van der Waals surface area (Å²) in [6.45, 7) is 0. The highest BCUT2D eigenvalue weighted by atomic mass is 19.4. The van der Waals surface area contributed by atoms with E-state index in [2.05, 4.69) is 34.9 Å². The van der Waals surface area contributed by atoms with E-state index in [1.54, 1.807) is 24.3 Å². The van der Waals surface area contributed by atoms with Crippen LogP contribution in [-0.2, 0) is 12.4 Å². The second-order valence-electron chi connectivity index (χ2n) is 10.3. The average molecular weight is 699 g/mol. The lowest BCUT2D eigenvalue weighted by atomic mass is 10.0. The molecule has 3 aromatic carbocycles. The van der Waals surface area contributed by atoms with Gasteiger partial charge in [0, 0.05) is 16.7 Å². The van der Waals surface area contributed by atoms with Crippen LogP contribution in [0.3, 0.4) is 0 Å². The lowest BCUT2D eigenvalue weighted by Crippen LogP contribution is -2.26. The molecule has 0 unspecified atom stereocenters. The first-order valence-corrected chi connectivity index (χ1v) is 13.9. The molecule has 0 atom stereocenters. The molecule has 0 amide bonds. The molecule has 4 aromatic rings. The van der Waals surface area contributed by atoms with Gasteiger partial charge in [-0.25, -0.2) is 34.9 Å². The molecule has 1 aromatic heterocycles. The predicted octanol–water partition coefficient (Wildman–Crippen LogP) is 3.68. The Hall–Kier alpha value is -8.13. The van der Waals surface area contributed by atoms with Crippen molar-refractivity contribution in [1.82, 2.24) is 15.0 Å². The molecule has 0 saturated heterocycles. The Morgan fingerprint density at radius 1 is 0.500 bits per heavy atom. The summed E-state index contributed by atoms with van der Waals surface area (Å²) in [5, 5.41) is 57.2. The van der Waals surface area contributed by atoms with E-state index in [9.17, 15) is 57.9 Å². The van der Waals surface area contributed by atoms with Gasteiger partial charge < -0.3 is 0 Å². The SMILES string of the molecule is N#CC(C#N)=C1N=c2ccc(-c3nc(-c4cc(C(F)(F)F)cc(C(F)(F)F)c4)nc(-c4ccc5c(c4C#N)=NC(=C(C#N)C#N)N=5)n3)c(C#N)c2=N1. The molecule has 3 heterocycles. The quantitative estimate of drug-likeness (QED) is 0.224. The molecule has 19 heteroatoms. The lowest BCUT2D eigenvalue weighted by Gasteiger charge is -2.15. The van der Waals surface area contributed by atoms with Crippen LogP contribution in [0, 0.1) is 68.0 Å². The zero-order valence-corrected chi connectivity index (χ0v) is 25.1. The van der Waals surface area contributed by atoms with E-state index in [0.717, 1.165) is 0 Å². The number of aromatic nitrogens is 3. The third-order valence-electron chi connectivity index (χ3n) is 7.28. The van der Waals surface area contributed by atoms with Gasteiger partial charge in [-0.2, -0.15) is 57.9 Å². The van der Waals surface area contributed by atoms with Crippen LogP contribution in [-0.4, -0.2) is 15.0 Å². The maximum Gasteiger partial charge on any atom is 0.416 e. The smallest absolute Gasteiger partial charge is 0.225 e. The molecule has 0 bridgehead atoms. The summed E-state index contributed by atoms with van der Waals surface area (Å²) in [6, 6.07) is 16.0. The van der Waals surface area contributed by atoms with Gasteiger partial charge >= 0.3 is 12.4 Å². The number of hydrogen-bond donors (Lipinski definition) is 0. The number of halogens is 6. The molecular weight excluding hydrogens is 692 g/mol. The van der Waals surface area contributed by atoms with Crippen LogP contribution in [0.5, 0.6) is 0 Å². The largest absolute Gasteiger partial charge is 0.416 e. The highest BCUT2D eigenvalue weighted by molar-refractivity contribution is 5.72. The first-order valence-electron chi connectivity index (χ1n) is 13.9. The van der Waals surface area contributed by atoms with Crippen LogP contribution in [0.4, 0.5) is 26.3 Å². The van der Waals surface area contributed by atoms with E-state index >= 15 is 0 Å². The molecular formula is C33H7F6N13. The van der Waals surface area contributed by atoms with Crippen molar-refractivity contribution >= 4 is 0 Å². The first kappa shape index (κ1) is 33.8. The Bertz CT molecular complexity index is 2680. The lowest BCUT2D eigenvalue weighted by molar-refractivity contribution is -0.143. The average Bonchev–Trinajstić information content (AvgIpc) is 3.75. The number of benzene rings is 3. The molecule has 0 N–H and O–H groups in total. The van der Waals surface area contributed by atoms with Gasteiger partial charge in [-0.3, -0.25) is 0 Å². The summed E-state index contributed by atoms with van der Waals surface area (Å²) in [6.07, 6.45) is -10.5. The summed E-state index contributed by atoms with van der Waals surface area (Å²) in [7, 11) is 0. The van der Waals surface area contributed by atoms with Crippen molar-refractivity contribution in [3.8, 4) is 70.6 Å². The van der Waals surface area contributed by atoms with Crippen molar-refractivity contribution in [1.29, 1.82) is 31.6 Å². The summed E-state index contributed by atoms with van der Waals surface area (Å²) >= 11 is 0. The van der Waals surface area contributed by atoms with Crippen LogP contribution in [0.15, 0.2) is 85.2 Å².